The second kappa shape index (κ2) is 6.92. The number of aromatic nitrogens is 5. The van der Waals surface area contributed by atoms with Crippen molar-refractivity contribution in [2.45, 2.75) is 19.4 Å². The van der Waals surface area contributed by atoms with Crippen LogP contribution in [0.15, 0.2) is 36.7 Å². The predicted molar refractivity (Wildman–Crippen MR) is 92.8 cm³/mol. The average Bonchev–Trinajstić information content (AvgIpc) is 3.27. The number of hydrogen-bond donors (Lipinski definition) is 1. The average molecular weight is 323 g/mol. The summed E-state index contributed by atoms with van der Waals surface area (Å²) in [5.74, 6) is 0.763. The van der Waals surface area contributed by atoms with E-state index in [0.29, 0.717) is 6.54 Å². The summed E-state index contributed by atoms with van der Waals surface area (Å²) in [6, 6.07) is 10.2. The van der Waals surface area contributed by atoms with Crippen molar-refractivity contribution in [2.24, 2.45) is 0 Å². The quantitative estimate of drug-likeness (QED) is 0.745. The molecule has 0 unspecified atom stereocenters. The Morgan fingerprint density at radius 1 is 1.04 bits per heavy atom. The lowest BCUT2D eigenvalue weighted by Gasteiger charge is -2.14. The highest BCUT2D eigenvalue weighted by Gasteiger charge is 2.13. The summed E-state index contributed by atoms with van der Waals surface area (Å²) in [6.45, 7) is 4.95. The molecule has 2 aromatic heterocycles. The van der Waals surface area contributed by atoms with E-state index in [9.17, 15) is 0 Å². The van der Waals surface area contributed by atoms with Gasteiger partial charge < -0.3 is 10.2 Å². The van der Waals surface area contributed by atoms with Gasteiger partial charge in [-0.05, 0) is 31.5 Å². The van der Waals surface area contributed by atoms with E-state index in [4.69, 9.17) is 0 Å². The van der Waals surface area contributed by atoms with Crippen LogP contribution in [0.5, 0.6) is 0 Å². The van der Waals surface area contributed by atoms with Gasteiger partial charge in [-0.25, -0.2) is 14.6 Å². The number of hydrogen-bond acceptors (Lipinski definition) is 6. The molecule has 1 N–H and O–H groups in total. The molecule has 0 radical (unpaired) electrons. The Kier molecular flexibility index (Phi) is 4.33. The summed E-state index contributed by atoms with van der Waals surface area (Å²) in [7, 11) is 0. The SMILES string of the molecule is c1ccc(Cn2nnc3c(NCCN4CCCC4)ncnc32)cc1. The van der Waals surface area contributed by atoms with Crippen molar-refractivity contribution in [3.8, 4) is 0 Å². The van der Waals surface area contributed by atoms with Gasteiger partial charge >= 0.3 is 0 Å². The van der Waals surface area contributed by atoms with Gasteiger partial charge in [0.1, 0.15) is 6.33 Å². The summed E-state index contributed by atoms with van der Waals surface area (Å²) in [5, 5.41) is 11.9. The molecule has 0 atom stereocenters. The highest BCUT2D eigenvalue weighted by atomic mass is 15.4. The highest BCUT2D eigenvalue weighted by Crippen LogP contribution is 2.17. The summed E-state index contributed by atoms with van der Waals surface area (Å²) < 4.78 is 1.82. The molecule has 0 aliphatic carbocycles. The minimum absolute atomic E-state index is 0.654. The van der Waals surface area contributed by atoms with Crippen LogP contribution < -0.4 is 5.32 Å². The fraction of sp³-hybridized carbons (Fsp3) is 0.412. The number of benzene rings is 1. The molecular formula is C17H21N7. The molecular weight excluding hydrogens is 302 g/mol. The maximum Gasteiger partial charge on any atom is 0.184 e. The van der Waals surface area contributed by atoms with Gasteiger partial charge in [-0.15, -0.1) is 5.10 Å². The maximum absolute atomic E-state index is 4.36. The van der Waals surface area contributed by atoms with Crippen molar-refractivity contribution >= 4 is 17.0 Å². The predicted octanol–water partition coefficient (Wildman–Crippen LogP) is 1.78. The lowest BCUT2D eigenvalue weighted by molar-refractivity contribution is 0.352. The van der Waals surface area contributed by atoms with E-state index in [2.05, 4.69) is 42.6 Å². The molecule has 3 aromatic rings. The molecule has 7 nitrogen and oxygen atoms in total. The normalized spacial score (nSPS) is 15.2. The zero-order valence-electron chi connectivity index (χ0n) is 13.6. The van der Waals surface area contributed by atoms with Crippen LogP contribution in [0.3, 0.4) is 0 Å². The van der Waals surface area contributed by atoms with Gasteiger partial charge in [0.25, 0.3) is 0 Å². The molecule has 1 aliphatic heterocycles. The number of nitrogens with one attached hydrogen (secondary N) is 1. The molecule has 7 heteroatoms. The molecule has 0 amide bonds. The highest BCUT2D eigenvalue weighted by molar-refractivity contribution is 5.81. The van der Waals surface area contributed by atoms with Crippen LogP contribution in [0, 0.1) is 0 Å². The topological polar surface area (TPSA) is 71.8 Å². The zero-order valence-corrected chi connectivity index (χ0v) is 13.6. The van der Waals surface area contributed by atoms with E-state index in [-0.39, 0.29) is 0 Å². The number of rotatable bonds is 6. The van der Waals surface area contributed by atoms with E-state index in [1.807, 2.05) is 22.9 Å². The Labute approximate surface area is 140 Å². The van der Waals surface area contributed by atoms with Crippen LogP contribution in [0.2, 0.25) is 0 Å². The Balaban J connectivity index is 1.48. The molecule has 124 valence electrons. The first-order valence-corrected chi connectivity index (χ1v) is 8.44. The van der Waals surface area contributed by atoms with Gasteiger partial charge in [0.05, 0.1) is 6.54 Å². The van der Waals surface area contributed by atoms with Gasteiger partial charge in [-0.2, -0.15) is 0 Å². The third-order valence-corrected chi connectivity index (χ3v) is 4.39. The molecule has 1 saturated heterocycles. The Hall–Kier alpha value is -2.54. The van der Waals surface area contributed by atoms with Crippen LogP contribution in [0.4, 0.5) is 5.82 Å². The number of likely N-dealkylation sites (tertiary alicyclic amines) is 1. The van der Waals surface area contributed by atoms with Gasteiger partial charge in [0.15, 0.2) is 17.0 Å². The van der Waals surface area contributed by atoms with Gasteiger partial charge in [0.2, 0.25) is 0 Å². The van der Waals surface area contributed by atoms with Crippen molar-refractivity contribution in [1.82, 2.24) is 29.9 Å². The minimum atomic E-state index is 0.654. The number of fused-ring (bicyclic) bond motifs is 1. The third-order valence-electron chi connectivity index (χ3n) is 4.39. The lowest BCUT2D eigenvalue weighted by Crippen LogP contribution is -2.26. The number of nitrogens with zero attached hydrogens (tertiary/aromatic N) is 6. The first-order chi connectivity index (χ1) is 11.9. The van der Waals surface area contributed by atoms with E-state index in [1.54, 1.807) is 6.33 Å². The van der Waals surface area contributed by atoms with E-state index >= 15 is 0 Å². The van der Waals surface area contributed by atoms with E-state index in [1.165, 1.54) is 31.5 Å². The van der Waals surface area contributed by atoms with Crippen molar-refractivity contribution in [1.29, 1.82) is 0 Å². The second-order valence-electron chi connectivity index (χ2n) is 6.10. The van der Waals surface area contributed by atoms with Crippen LogP contribution in [0.25, 0.3) is 11.2 Å². The molecule has 1 aromatic carbocycles. The standard InChI is InChI=1S/C17H21N7/c1-2-6-14(7-3-1)12-24-17-15(21-22-24)16(19-13-20-17)18-8-11-23-9-4-5-10-23/h1-3,6-7,13H,4-5,8-12H2,(H,18,19,20). The molecule has 1 aliphatic rings. The molecule has 0 bridgehead atoms. The summed E-state index contributed by atoms with van der Waals surface area (Å²) >= 11 is 0. The fourth-order valence-corrected chi connectivity index (χ4v) is 3.12. The Morgan fingerprint density at radius 2 is 1.88 bits per heavy atom. The summed E-state index contributed by atoms with van der Waals surface area (Å²) in [4.78, 5) is 11.2. The summed E-state index contributed by atoms with van der Waals surface area (Å²) in [5.41, 5.74) is 2.67. The molecule has 24 heavy (non-hydrogen) atoms. The van der Waals surface area contributed by atoms with Crippen molar-refractivity contribution in [3.63, 3.8) is 0 Å². The second-order valence-corrected chi connectivity index (χ2v) is 6.10. The molecule has 1 fully saturated rings. The van der Waals surface area contributed by atoms with E-state index in [0.717, 1.165) is 30.1 Å². The Morgan fingerprint density at radius 3 is 2.71 bits per heavy atom. The maximum atomic E-state index is 4.36. The molecule has 4 rings (SSSR count). The van der Waals surface area contributed by atoms with Crippen LogP contribution >= 0.6 is 0 Å². The fourth-order valence-electron chi connectivity index (χ4n) is 3.12. The van der Waals surface area contributed by atoms with Gasteiger partial charge in [-0.1, -0.05) is 35.5 Å². The summed E-state index contributed by atoms with van der Waals surface area (Å²) in [6.07, 6.45) is 4.20. The van der Waals surface area contributed by atoms with Gasteiger partial charge in [0, 0.05) is 13.1 Å². The minimum Gasteiger partial charge on any atom is -0.367 e. The third kappa shape index (κ3) is 3.21. The first kappa shape index (κ1) is 15.0. The van der Waals surface area contributed by atoms with Gasteiger partial charge in [-0.3, -0.25) is 0 Å². The monoisotopic (exact) mass is 323 g/mol. The van der Waals surface area contributed by atoms with Crippen LogP contribution in [0.1, 0.15) is 18.4 Å². The van der Waals surface area contributed by atoms with Crippen molar-refractivity contribution in [3.05, 3.63) is 42.2 Å². The van der Waals surface area contributed by atoms with Crippen molar-refractivity contribution in [2.75, 3.05) is 31.5 Å². The lowest BCUT2D eigenvalue weighted by atomic mass is 10.2. The zero-order chi connectivity index (χ0) is 16.2. The molecule has 0 saturated carbocycles. The van der Waals surface area contributed by atoms with Crippen LogP contribution in [-0.2, 0) is 6.54 Å². The van der Waals surface area contributed by atoms with Crippen LogP contribution in [-0.4, -0.2) is 56.0 Å². The Bertz CT molecular complexity index is 793. The smallest absolute Gasteiger partial charge is 0.184 e. The number of anilines is 1. The van der Waals surface area contributed by atoms with E-state index < -0.39 is 0 Å². The largest absolute Gasteiger partial charge is 0.367 e. The first-order valence-electron chi connectivity index (χ1n) is 8.44. The molecule has 3 heterocycles. The van der Waals surface area contributed by atoms with Crippen molar-refractivity contribution < 1.29 is 0 Å². The molecule has 0 spiro atoms.